The van der Waals surface area contributed by atoms with Crippen molar-refractivity contribution in [3.05, 3.63) is 28.8 Å². The van der Waals surface area contributed by atoms with E-state index in [2.05, 4.69) is 5.32 Å². The zero-order chi connectivity index (χ0) is 14.4. The van der Waals surface area contributed by atoms with E-state index < -0.39 is 12.1 Å². The zero-order valence-corrected chi connectivity index (χ0v) is 11.8. The summed E-state index contributed by atoms with van der Waals surface area (Å²) in [6, 6.07) is 5.09. The Kier molecular flexibility index (Phi) is 5.63. The fraction of sp³-hybridized carbons (Fsp3) is 0.385. The van der Waals surface area contributed by atoms with E-state index in [-0.39, 0.29) is 12.5 Å². The second kappa shape index (κ2) is 6.99. The van der Waals surface area contributed by atoms with Gasteiger partial charge in [-0.1, -0.05) is 11.6 Å². The molecule has 1 atom stereocenters. The van der Waals surface area contributed by atoms with Crippen molar-refractivity contribution in [2.45, 2.75) is 20.0 Å². The van der Waals surface area contributed by atoms with Gasteiger partial charge in [0.15, 0.2) is 12.7 Å². The third-order valence-electron chi connectivity index (χ3n) is 2.40. The SMILES string of the molecule is CNC(=O)COC(=O)C(C)Oc1ccc(Cl)cc1C. The standard InChI is InChI=1S/C13H16ClNO4/c1-8-6-10(14)4-5-11(8)19-9(2)13(17)18-7-12(16)15-3/h4-6,9H,7H2,1-3H3,(H,15,16). The Labute approximate surface area is 116 Å². The highest BCUT2D eigenvalue weighted by Crippen LogP contribution is 2.22. The van der Waals surface area contributed by atoms with Crippen LogP contribution in [-0.4, -0.2) is 31.6 Å². The molecule has 6 heteroatoms. The topological polar surface area (TPSA) is 64.6 Å². The van der Waals surface area contributed by atoms with Crippen LogP contribution < -0.4 is 10.1 Å². The first-order chi connectivity index (χ1) is 8.93. The van der Waals surface area contributed by atoms with E-state index in [1.165, 1.54) is 7.05 Å². The van der Waals surface area contributed by atoms with Crippen molar-refractivity contribution < 1.29 is 19.1 Å². The van der Waals surface area contributed by atoms with Crippen molar-refractivity contribution in [2.24, 2.45) is 0 Å². The monoisotopic (exact) mass is 285 g/mol. The fourth-order valence-corrected chi connectivity index (χ4v) is 1.54. The predicted molar refractivity (Wildman–Crippen MR) is 71.3 cm³/mol. The number of carbonyl (C=O) groups is 2. The molecular weight excluding hydrogens is 270 g/mol. The molecule has 1 aromatic carbocycles. The van der Waals surface area contributed by atoms with Crippen LogP contribution in [-0.2, 0) is 14.3 Å². The molecule has 0 bridgehead atoms. The molecule has 0 aliphatic heterocycles. The second-order valence-electron chi connectivity index (χ2n) is 3.95. The lowest BCUT2D eigenvalue weighted by Gasteiger charge is -2.15. The van der Waals surface area contributed by atoms with Gasteiger partial charge in [0.2, 0.25) is 0 Å². The van der Waals surface area contributed by atoms with E-state index >= 15 is 0 Å². The average Bonchev–Trinajstić information content (AvgIpc) is 2.38. The molecule has 1 amide bonds. The van der Waals surface area contributed by atoms with Crippen molar-refractivity contribution in [1.29, 1.82) is 0 Å². The maximum absolute atomic E-state index is 11.6. The molecule has 0 spiro atoms. The van der Waals surface area contributed by atoms with Crippen LogP contribution in [0, 0.1) is 6.92 Å². The van der Waals surface area contributed by atoms with Crippen LogP contribution >= 0.6 is 11.6 Å². The van der Waals surface area contributed by atoms with Gasteiger partial charge in [0.1, 0.15) is 5.75 Å². The minimum Gasteiger partial charge on any atom is -0.479 e. The van der Waals surface area contributed by atoms with Crippen molar-refractivity contribution in [1.82, 2.24) is 5.32 Å². The maximum Gasteiger partial charge on any atom is 0.347 e. The number of benzene rings is 1. The van der Waals surface area contributed by atoms with Gasteiger partial charge >= 0.3 is 5.97 Å². The van der Waals surface area contributed by atoms with E-state index in [9.17, 15) is 9.59 Å². The summed E-state index contributed by atoms with van der Waals surface area (Å²) >= 11 is 5.82. The van der Waals surface area contributed by atoms with Crippen LogP contribution in [0.2, 0.25) is 5.02 Å². The van der Waals surface area contributed by atoms with Gasteiger partial charge in [-0.05, 0) is 37.6 Å². The molecule has 19 heavy (non-hydrogen) atoms. The summed E-state index contributed by atoms with van der Waals surface area (Å²) in [5.41, 5.74) is 0.818. The highest BCUT2D eigenvalue weighted by atomic mass is 35.5. The fourth-order valence-electron chi connectivity index (χ4n) is 1.31. The molecule has 1 aromatic rings. The van der Waals surface area contributed by atoms with E-state index in [0.29, 0.717) is 10.8 Å². The van der Waals surface area contributed by atoms with Gasteiger partial charge < -0.3 is 14.8 Å². The van der Waals surface area contributed by atoms with Crippen LogP contribution in [0.25, 0.3) is 0 Å². The van der Waals surface area contributed by atoms with E-state index in [1.54, 1.807) is 25.1 Å². The highest BCUT2D eigenvalue weighted by molar-refractivity contribution is 6.30. The summed E-state index contributed by atoms with van der Waals surface area (Å²) in [7, 11) is 1.47. The summed E-state index contributed by atoms with van der Waals surface area (Å²) in [4.78, 5) is 22.5. The Morgan fingerprint density at radius 2 is 2.11 bits per heavy atom. The van der Waals surface area contributed by atoms with Gasteiger partial charge in [-0.3, -0.25) is 4.79 Å². The third-order valence-corrected chi connectivity index (χ3v) is 2.63. The summed E-state index contributed by atoms with van der Waals surface area (Å²) in [6.45, 7) is 3.06. The lowest BCUT2D eigenvalue weighted by atomic mass is 10.2. The van der Waals surface area contributed by atoms with Crippen LogP contribution in [0.4, 0.5) is 0 Å². The smallest absolute Gasteiger partial charge is 0.347 e. The van der Waals surface area contributed by atoms with E-state index in [0.717, 1.165) is 5.56 Å². The van der Waals surface area contributed by atoms with Crippen LogP contribution in [0.15, 0.2) is 18.2 Å². The number of carbonyl (C=O) groups excluding carboxylic acids is 2. The quantitative estimate of drug-likeness (QED) is 0.837. The lowest BCUT2D eigenvalue weighted by molar-refractivity contribution is -0.154. The molecule has 1 N–H and O–H groups in total. The molecular formula is C13H16ClNO4. The van der Waals surface area contributed by atoms with Crippen LogP contribution in [0.5, 0.6) is 5.75 Å². The second-order valence-corrected chi connectivity index (χ2v) is 4.39. The predicted octanol–water partition coefficient (Wildman–Crippen LogP) is 1.70. The van der Waals surface area contributed by atoms with Gasteiger partial charge in [-0.25, -0.2) is 4.79 Å². The number of halogens is 1. The molecule has 0 fully saturated rings. The average molecular weight is 286 g/mol. The molecule has 0 radical (unpaired) electrons. The molecule has 5 nitrogen and oxygen atoms in total. The Balaban J connectivity index is 2.56. The van der Waals surface area contributed by atoms with Crippen LogP contribution in [0.1, 0.15) is 12.5 Å². The first-order valence-electron chi connectivity index (χ1n) is 5.74. The summed E-state index contributed by atoms with van der Waals surface area (Å²) < 4.78 is 10.3. The Morgan fingerprint density at radius 3 is 2.68 bits per heavy atom. The van der Waals surface area contributed by atoms with Gasteiger partial charge in [0, 0.05) is 12.1 Å². The molecule has 0 aliphatic carbocycles. The summed E-state index contributed by atoms with van der Waals surface area (Å²) in [5.74, 6) is -0.421. The zero-order valence-electron chi connectivity index (χ0n) is 11.0. The Morgan fingerprint density at radius 1 is 1.42 bits per heavy atom. The molecule has 0 saturated heterocycles. The highest BCUT2D eigenvalue weighted by Gasteiger charge is 2.18. The number of nitrogens with one attached hydrogen (secondary N) is 1. The van der Waals surface area contributed by atoms with Crippen molar-refractivity contribution in [2.75, 3.05) is 13.7 Å². The van der Waals surface area contributed by atoms with Gasteiger partial charge in [0.05, 0.1) is 0 Å². The van der Waals surface area contributed by atoms with Crippen molar-refractivity contribution in [3.8, 4) is 5.75 Å². The van der Waals surface area contributed by atoms with E-state index in [4.69, 9.17) is 21.1 Å². The van der Waals surface area contributed by atoms with Crippen molar-refractivity contribution in [3.63, 3.8) is 0 Å². The van der Waals surface area contributed by atoms with Gasteiger partial charge in [-0.15, -0.1) is 0 Å². The number of esters is 1. The van der Waals surface area contributed by atoms with Crippen LogP contribution in [0.3, 0.4) is 0 Å². The number of hydrogen-bond acceptors (Lipinski definition) is 4. The minimum atomic E-state index is -0.801. The normalized spacial score (nSPS) is 11.6. The number of rotatable bonds is 5. The number of ether oxygens (including phenoxy) is 2. The molecule has 104 valence electrons. The number of likely N-dealkylation sites (N-methyl/N-ethyl adjacent to an activating group) is 1. The number of hydrogen-bond donors (Lipinski definition) is 1. The maximum atomic E-state index is 11.6. The first kappa shape index (κ1) is 15.3. The third kappa shape index (κ3) is 4.79. The molecule has 1 unspecified atom stereocenters. The Bertz CT molecular complexity index is 476. The van der Waals surface area contributed by atoms with Gasteiger partial charge in [-0.2, -0.15) is 0 Å². The van der Waals surface area contributed by atoms with Crippen molar-refractivity contribution >= 4 is 23.5 Å². The first-order valence-corrected chi connectivity index (χ1v) is 6.12. The molecule has 0 aliphatic rings. The molecule has 0 heterocycles. The molecule has 0 aromatic heterocycles. The molecule has 1 rings (SSSR count). The minimum absolute atomic E-state index is 0.317. The number of aryl methyl sites for hydroxylation is 1. The lowest BCUT2D eigenvalue weighted by Crippen LogP contribution is -2.31. The largest absolute Gasteiger partial charge is 0.479 e. The number of amides is 1. The van der Waals surface area contributed by atoms with E-state index in [1.807, 2.05) is 6.92 Å². The van der Waals surface area contributed by atoms with Gasteiger partial charge in [0.25, 0.3) is 5.91 Å². The summed E-state index contributed by atoms with van der Waals surface area (Å²) in [5, 5.41) is 2.95. The Hall–Kier alpha value is -1.75. The summed E-state index contributed by atoms with van der Waals surface area (Å²) in [6.07, 6.45) is -0.801. The molecule has 0 saturated carbocycles.